The first kappa shape index (κ1) is 18.9. The number of nitrogens with one attached hydrogen (secondary N) is 1. The molecule has 2 aliphatic heterocycles. The average Bonchev–Trinajstić information content (AvgIpc) is 3.06. The highest BCUT2D eigenvalue weighted by atomic mass is 16.5. The van der Waals surface area contributed by atoms with Crippen LogP contribution in [0.15, 0.2) is 18.2 Å². The summed E-state index contributed by atoms with van der Waals surface area (Å²) >= 11 is 0. The molecule has 6 nitrogen and oxygen atoms in total. The summed E-state index contributed by atoms with van der Waals surface area (Å²) in [5, 5.41) is 11.3. The van der Waals surface area contributed by atoms with E-state index in [1.807, 2.05) is 12.1 Å². The van der Waals surface area contributed by atoms with E-state index in [2.05, 4.69) is 27.9 Å². The lowest BCUT2D eigenvalue weighted by Crippen LogP contribution is -2.54. The number of ether oxygens (including phenoxy) is 1. The Balaban J connectivity index is 1.52. The number of likely N-dealkylation sites (N-methyl/N-ethyl adjacent to an activating group) is 1. The largest absolute Gasteiger partial charge is 0.497 e. The molecule has 156 valence electrons. The first-order chi connectivity index (χ1) is 14.1. The number of carbonyl (C=O) groups is 1. The van der Waals surface area contributed by atoms with Crippen LogP contribution in [-0.4, -0.2) is 66.2 Å². The molecule has 1 amide bonds. The summed E-state index contributed by atoms with van der Waals surface area (Å²) in [5.74, 6) is 1.47. The van der Waals surface area contributed by atoms with Crippen molar-refractivity contribution in [2.75, 3.05) is 40.4 Å². The van der Waals surface area contributed by atoms with Gasteiger partial charge in [-0.15, -0.1) is 0 Å². The van der Waals surface area contributed by atoms with Crippen LogP contribution in [0.4, 0.5) is 0 Å². The van der Waals surface area contributed by atoms with E-state index in [1.54, 1.807) is 7.11 Å². The van der Waals surface area contributed by atoms with Crippen LogP contribution in [0.1, 0.15) is 49.4 Å². The topological polar surface area (TPSA) is 68.8 Å². The van der Waals surface area contributed by atoms with Crippen molar-refractivity contribution in [3.8, 4) is 5.75 Å². The number of H-pyrrole nitrogens is 1. The number of carbonyl (C=O) groups excluding carboxylic acids is 1. The molecule has 0 radical (unpaired) electrons. The molecule has 2 aromatic rings. The molecule has 0 bridgehead atoms. The fourth-order valence-corrected chi connectivity index (χ4v) is 5.74. The molecule has 1 saturated heterocycles. The Morgan fingerprint density at radius 1 is 1.31 bits per heavy atom. The molecule has 3 heterocycles. The Morgan fingerprint density at radius 3 is 2.69 bits per heavy atom. The maximum Gasteiger partial charge on any atom is 0.225 e. The van der Waals surface area contributed by atoms with E-state index in [4.69, 9.17) is 4.74 Å². The number of aliphatic hydroxyl groups excluding tert-OH is 1. The van der Waals surface area contributed by atoms with Crippen LogP contribution in [-0.2, 0) is 10.2 Å². The monoisotopic (exact) mass is 397 g/mol. The Kier molecular flexibility index (Phi) is 4.59. The van der Waals surface area contributed by atoms with E-state index in [1.165, 1.54) is 17.4 Å². The molecule has 1 unspecified atom stereocenters. The van der Waals surface area contributed by atoms with Gasteiger partial charge in [0.05, 0.1) is 19.8 Å². The van der Waals surface area contributed by atoms with Gasteiger partial charge in [0.1, 0.15) is 5.75 Å². The number of hydrogen-bond acceptors (Lipinski definition) is 4. The van der Waals surface area contributed by atoms with E-state index in [-0.39, 0.29) is 24.0 Å². The van der Waals surface area contributed by atoms with Gasteiger partial charge in [0.2, 0.25) is 5.91 Å². The van der Waals surface area contributed by atoms with Crippen molar-refractivity contribution in [1.29, 1.82) is 0 Å². The van der Waals surface area contributed by atoms with Gasteiger partial charge in [-0.1, -0.05) is 6.42 Å². The molecular formula is C23H31N3O3. The summed E-state index contributed by atoms with van der Waals surface area (Å²) in [6, 6.07) is 6.19. The molecule has 1 saturated carbocycles. The van der Waals surface area contributed by atoms with Crippen molar-refractivity contribution in [3.63, 3.8) is 0 Å². The lowest BCUT2D eigenvalue weighted by Gasteiger charge is -2.50. The van der Waals surface area contributed by atoms with E-state index < -0.39 is 0 Å². The third kappa shape index (κ3) is 2.88. The molecule has 6 heteroatoms. The molecule has 1 aliphatic carbocycles. The van der Waals surface area contributed by atoms with Crippen molar-refractivity contribution in [2.24, 2.45) is 5.92 Å². The Hall–Kier alpha value is -2.05. The fraction of sp³-hybridized carbons (Fsp3) is 0.609. The number of rotatable bonds is 3. The van der Waals surface area contributed by atoms with Crippen LogP contribution < -0.4 is 4.74 Å². The van der Waals surface area contributed by atoms with Crippen LogP contribution >= 0.6 is 0 Å². The van der Waals surface area contributed by atoms with Gasteiger partial charge in [0.25, 0.3) is 0 Å². The molecule has 2 N–H and O–H groups in total. The Bertz CT molecular complexity index is 925. The number of fused-ring (bicyclic) bond motifs is 4. The van der Waals surface area contributed by atoms with E-state index >= 15 is 0 Å². The molecule has 1 aromatic heterocycles. The standard InChI is InChI=1S/C23H31N3O3/c1-25-14-23(8-10-26(11-9-23)22(28)15-4-3-5-15)20-17-7-6-16(29-2)12-18(17)24-21(20)19(25)13-27/h6-7,12,15,19,24,27H,3-5,8-11,13-14H2,1-2H3. The third-order valence-corrected chi connectivity index (χ3v) is 7.64. The van der Waals surface area contributed by atoms with Gasteiger partial charge in [-0.25, -0.2) is 0 Å². The maximum absolute atomic E-state index is 12.8. The van der Waals surface area contributed by atoms with E-state index in [9.17, 15) is 9.90 Å². The van der Waals surface area contributed by atoms with Gasteiger partial charge >= 0.3 is 0 Å². The second-order valence-corrected chi connectivity index (χ2v) is 9.17. The van der Waals surface area contributed by atoms with Crippen LogP contribution in [0.3, 0.4) is 0 Å². The number of methoxy groups -OCH3 is 1. The summed E-state index contributed by atoms with van der Waals surface area (Å²) in [5.41, 5.74) is 3.56. The Morgan fingerprint density at radius 2 is 2.07 bits per heavy atom. The highest BCUT2D eigenvalue weighted by Gasteiger charge is 2.47. The quantitative estimate of drug-likeness (QED) is 0.836. The van der Waals surface area contributed by atoms with Gasteiger partial charge in [0.15, 0.2) is 0 Å². The maximum atomic E-state index is 12.8. The molecule has 29 heavy (non-hydrogen) atoms. The number of hydrogen-bond donors (Lipinski definition) is 2. The van der Waals surface area contributed by atoms with Crippen LogP contribution in [0.2, 0.25) is 0 Å². The van der Waals surface area contributed by atoms with Crippen LogP contribution in [0.25, 0.3) is 10.9 Å². The molecule has 3 aliphatic rings. The molecule has 1 spiro atoms. The summed E-state index contributed by atoms with van der Waals surface area (Å²) in [7, 11) is 3.79. The molecular weight excluding hydrogens is 366 g/mol. The van der Waals surface area contributed by atoms with E-state index in [0.29, 0.717) is 5.91 Å². The minimum Gasteiger partial charge on any atom is -0.497 e. The predicted octanol–water partition coefficient (Wildman–Crippen LogP) is 2.82. The summed E-state index contributed by atoms with van der Waals surface area (Å²) in [6.45, 7) is 2.66. The Labute approximate surface area is 171 Å². The molecule has 2 fully saturated rings. The normalized spacial score (nSPS) is 24.5. The van der Waals surface area contributed by atoms with Gasteiger partial charge in [-0.3, -0.25) is 9.69 Å². The third-order valence-electron chi connectivity index (χ3n) is 7.64. The first-order valence-corrected chi connectivity index (χ1v) is 10.9. The zero-order valence-corrected chi connectivity index (χ0v) is 17.4. The van der Waals surface area contributed by atoms with Crippen LogP contribution in [0, 0.1) is 5.92 Å². The average molecular weight is 398 g/mol. The zero-order valence-electron chi connectivity index (χ0n) is 17.4. The lowest BCUT2D eigenvalue weighted by molar-refractivity contribution is -0.140. The lowest BCUT2D eigenvalue weighted by atomic mass is 9.68. The van der Waals surface area contributed by atoms with Crippen LogP contribution in [0.5, 0.6) is 5.75 Å². The smallest absolute Gasteiger partial charge is 0.225 e. The van der Waals surface area contributed by atoms with Gasteiger partial charge < -0.3 is 19.7 Å². The minimum atomic E-state index is -0.0244. The number of aromatic amines is 1. The molecule has 5 rings (SSSR count). The van der Waals surface area contributed by atoms with Crippen molar-refractivity contribution in [2.45, 2.75) is 43.6 Å². The molecule has 1 atom stereocenters. The highest BCUT2D eigenvalue weighted by molar-refractivity contribution is 5.88. The number of aliphatic hydroxyl groups is 1. The second-order valence-electron chi connectivity index (χ2n) is 9.17. The van der Waals surface area contributed by atoms with Crippen molar-refractivity contribution >= 4 is 16.8 Å². The number of benzene rings is 1. The summed E-state index contributed by atoms with van der Waals surface area (Å²) < 4.78 is 5.42. The van der Waals surface area contributed by atoms with E-state index in [0.717, 1.165) is 62.3 Å². The number of piperidine rings is 1. The van der Waals surface area contributed by atoms with Crippen molar-refractivity contribution in [3.05, 3.63) is 29.5 Å². The number of likely N-dealkylation sites (tertiary alicyclic amines) is 1. The minimum absolute atomic E-state index is 0.0129. The van der Waals surface area contributed by atoms with Gasteiger partial charge in [0, 0.05) is 53.6 Å². The SMILES string of the molecule is COc1ccc2c3c([nH]c2c1)C(CO)N(C)CC31CCN(C(=O)C2CCC2)CC1. The first-order valence-electron chi connectivity index (χ1n) is 10.9. The van der Waals surface area contributed by atoms with Crippen molar-refractivity contribution < 1.29 is 14.6 Å². The zero-order chi connectivity index (χ0) is 20.2. The number of nitrogens with zero attached hydrogens (tertiary/aromatic N) is 2. The second kappa shape index (κ2) is 7.03. The van der Waals surface area contributed by atoms with Crippen molar-refractivity contribution in [1.82, 2.24) is 14.8 Å². The highest BCUT2D eigenvalue weighted by Crippen LogP contribution is 2.48. The summed E-state index contributed by atoms with van der Waals surface area (Å²) in [4.78, 5) is 20.7. The van der Waals surface area contributed by atoms with Gasteiger partial charge in [-0.2, -0.15) is 0 Å². The molecule has 1 aromatic carbocycles. The van der Waals surface area contributed by atoms with Gasteiger partial charge in [-0.05, 0) is 50.4 Å². The summed E-state index contributed by atoms with van der Waals surface area (Å²) in [6.07, 6.45) is 5.27. The number of amides is 1. The fourth-order valence-electron chi connectivity index (χ4n) is 5.74. The number of aromatic nitrogens is 1. The predicted molar refractivity (Wildman–Crippen MR) is 112 cm³/mol.